The summed E-state index contributed by atoms with van der Waals surface area (Å²) >= 11 is 0. The van der Waals surface area contributed by atoms with Crippen LogP contribution in [0, 0.1) is 6.92 Å². The summed E-state index contributed by atoms with van der Waals surface area (Å²) in [5, 5.41) is 0. The van der Waals surface area contributed by atoms with E-state index in [9.17, 15) is 26.7 Å². The van der Waals surface area contributed by atoms with Crippen molar-refractivity contribution < 1.29 is 31.5 Å². The highest BCUT2D eigenvalue weighted by atomic mass is 19.4. The molecule has 0 aromatic carbocycles. The van der Waals surface area contributed by atoms with Gasteiger partial charge in [-0.15, -0.1) is 0 Å². The quantitative estimate of drug-likeness (QED) is 0.631. The Bertz CT molecular complexity index is 499. The molecule has 0 unspecified atom stereocenters. The van der Waals surface area contributed by atoms with Gasteiger partial charge in [-0.3, -0.25) is 4.79 Å². The van der Waals surface area contributed by atoms with Crippen LogP contribution in [0.3, 0.4) is 0 Å². The molecule has 8 heteroatoms. The second-order valence-electron chi connectivity index (χ2n) is 3.98. The highest BCUT2D eigenvalue weighted by molar-refractivity contribution is 5.73. The molecule has 0 aliphatic rings. The number of carbonyl (C=O) groups excluding carboxylic acids is 1. The minimum atomic E-state index is -4.82. The van der Waals surface area contributed by atoms with Crippen LogP contribution in [0.2, 0.25) is 0 Å². The molecular weight excluding hydrogens is 285 g/mol. The number of aromatic nitrogens is 1. The molecular formula is C12H12F5NO2. The van der Waals surface area contributed by atoms with E-state index in [1.54, 1.807) is 0 Å². The highest BCUT2D eigenvalue weighted by Crippen LogP contribution is 2.33. The lowest BCUT2D eigenvalue weighted by molar-refractivity contribution is -0.142. The van der Waals surface area contributed by atoms with Crippen LogP contribution in [0.15, 0.2) is 6.07 Å². The van der Waals surface area contributed by atoms with E-state index in [1.807, 2.05) is 0 Å². The van der Waals surface area contributed by atoms with Crippen molar-refractivity contribution in [3.05, 3.63) is 28.6 Å². The number of pyridine rings is 1. The van der Waals surface area contributed by atoms with E-state index in [0.717, 1.165) is 13.0 Å². The third-order valence-corrected chi connectivity index (χ3v) is 2.44. The predicted octanol–water partition coefficient (Wildman–Crippen LogP) is 3.45. The summed E-state index contributed by atoms with van der Waals surface area (Å²) in [6, 6.07) is 0.897. The predicted molar refractivity (Wildman–Crippen MR) is 59.3 cm³/mol. The Morgan fingerprint density at radius 3 is 2.45 bits per heavy atom. The van der Waals surface area contributed by atoms with E-state index in [0.29, 0.717) is 0 Å². The van der Waals surface area contributed by atoms with Crippen molar-refractivity contribution in [3.63, 3.8) is 0 Å². The Kier molecular flexibility index (Phi) is 5.02. The number of esters is 1. The first kappa shape index (κ1) is 16.3. The molecule has 0 aliphatic carbocycles. The van der Waals surface area contributed by atoms with Gasteiger partial charge in [0.05, 0.1) is 13.0 Å². The second-order valence-corrected chi connectivity index (χ2v) is 3.98. The van der Waals surface area contributed by atoms with Gasteiger partial charge in [0.25, 0.3) is 6.43 Å². The molecule has 0 N–H and O–H groups in total. The average molecular weight is 297 g/mol. The molecule has 0 saturated heterocycles. The van der Waals surface area contributed by atoms with Crippen LogP contribution in [0.4, 0.5) is 22.0 Å². The number of nitrogens with zero attached hydrogens (tertiary/aromatic N) is 1. The number of rotatable bonds is 4. The zero-order valence-corrected chi connectivity index (χ0v) is 10.7. The van der Waals surface area contributed by atoms with Gasteiger partial charge in [-0.05, 0) is 25.0 Å². The molecule has 1 heterocycles. The van der Waals surface area contributed by atoms with Crippen molar-refractivity contribution in [1.82, 2.24) is 4.98 Å². The molecule has 0 amide bonds. The van der Waals surface area contributed by atoms with Crippen LogP contribution in [-0.2, 0) is 22.1 Å². The smallest absolute Gasteiger partial charge is 0.433 e. The standard InChI is InChI=1S/C12H12F5NO2/c1-3-20-8(19)5-7-4-6(2)10(12(15,16)17)18-9(7)11(13)14/h4,11H,3,5H2,1-2H3. The average Bonchev–Trinajstić information content (AvgIpc) is 2.26. The molecule has 0 spiro atoms. The minimum absolute atomic E-state index is 0.0515. The van der Waals surface area contributed by atoms with Gasteiger partial charge in [0.15, 0.2) is 0 Å². The number of ether oxygens (including phenoxy) is 1. The molecule has 1 rings (SSSR count). The first-order valence-corrected chi connectivity index (χ1v) is 5.68. The molecule has 0 saturated carbocycles. The number of halogens is 5. The maximum absolute atomic E-state index is 12.8. The number of alkyl halides is 5. The first-order valence-electron chi connectivity index (χ1n) is 5.68. The number of hydrogen-bond acceptors (Lipinski definition) is 3. The van der Waals surface area contributed by atoms with E-state index in [1.165, 1.54) is 6.92 Å². The lowest BCUT2D eigenvalue weighted by Crippen LogP contribution is -2.16. The summed E-state index contributed by atoms with van der Waals surface area (Å²) in [6.07, 6.45) is -8.57. The van der Waals surface area contributed by atoms with Crippen molar-refractivity contribution in [1.29, 1.82) is 0 Å². The fourth-order valence-corrected chi connectivity index (χ4v) is 1.67. The van der Waals surface area contributed by atoms with Crippen molar-refractivity contribution in [2.45, 2.75) is 32.9 Å². The molecule has 0 atom stereocenters. The van der Waals surface area contributed by atoms with Crippen LogP contribution in [0.1, 0.15) is 35.9 Å². The Labute approximate surface area is 111 Å². The SMILES string of the molecule is CCOC(=O)Cc1cc(C)c(C(F)(F)F)nc1C(F)F. The summed E-state index contributed by atoms with van der Waals surface area (Å²) in [4.78, 5) is 14.2. The Morgan fingerprint density at radius 1 is 1.40 bits per heavy atom. The normalized spacial score (nSPS) is 11.8. The molecule has 1 aromatic rings. The van der Waals surface area contributed by atoms with Gasteiger partial charge in [-0.25, -0.2) is 13.8 Å². The van der Waals surface area contributed by atoms with Gasteiger partial charge in [0.2, 0.25) is 0 Å². The fraction of sp³-hybridized carbons (Fsp3) is 0.500. The molecule has 0 radical (unpaired) electrons. The lowest BCUT2D eigenvalue weighted by atomic mass is 10.1. The van der Waals surface area contributed by atoms with Crippen LogP contribution >= 0.6 is 0 Å². The molecule has 20 heavy (non-hydrogen) atoms. The van der Waals surface area contributed by atoms with Crippen molar-refractivity contribution in [3.8, 4) is 0 Å². The second kappa shape index (κ2) is 6.15. The van der Waals surface area contributed by atoms with E-state index in [2.05, 4.69) is 9.72 Å². The van der Waals surface area contributed by atoms with Gasteiger partial charge >= 0.3 is 12.1 Å². The molecule has 1 aromatic heterocycles. The molecule has 3 nitrogen and oxygen atoms in total. The van der Waals surface area contributed by atoms with Gasteiger partial charge in [0.1, 0.15) is 11.4 Å². The summed E-state index contributed by atoms with van der Waals surface area (Å²) in [7, 11) is 0. The van der Waals surface area contributed by atoms with Gasteiger partial charge in [-0.1, -0.05) is 6.07 Å². The van der Waals surface area contributed by atoms with E-state index in [4.69, 9.17) is 0 Å². The zero-order chi connectivity index (χ0) is 15.5. The Morgan fingerprint density at radius 2 is 2.00 bits per heavy atom. The number of hydrogen-bond donors (Lipinski definition) is 0. The summed E-state index contributed by atoms with van der Waals surface area (Å²) in [5.74, 6) is -0.796. The minimum Gasteiger partial charge on any atom is -0.466 e. The Hall–Kier alpha value is -1.73. The molecule has 0 bridgehead atoms. The van der Waals surface area contributed by atoms with Gasteiger partial charge in [-0.2, -0.15) is 13.2 Å². The summed E-state index contributed by atoms with van der Waals surface area (Å²) in [6.45, 7) is 2.68. The number of aryl methyl sites for hydroxylation is 1. The Balaban J connectivity index is 3.25. The van der Waals surface area contributed by atoms with Crippen LogP contribution in [-0.4, -0.2) is 17.6 Å². The van der Waals surface area contributed by atoms with E-state index >= 15 is 0 Å². The summed E-state index contributed by atoms with van der Waals surface area (Å²) < 4.78 is 68.0. The van der Waals surface area contributed by atoms with E-state index < -0.39 is 36.4 Å². The van der Waals surface area contributed by atoms with Crippen LogP contribution in [0.25, 0.3) is 0 Å². The van der Waals surface area contributed by atoms with Gasteiger partial charge < -0.3 is 4.74 Å². The van der Waals surface area contributed by atoms with E-state index in [-0.39, 0.29) is 17.7 Å². The highest BCUT2D eigenvalue weighted by Gasteiger charge is 2.36. The first-order chi connectivity index (χ1) is 9.16. The van der Waals surface area contributed by atoms with Crippen molar-refractivity contribution >= 4 is 5.97 Å². The molecule has 0 fully saturated rings. The summed E-state index contributed by atoms with van der Waals surface area (Å²) in [5.41, 5.74) is -3.00. The molecule has 0 aliphatic heterocycles. The fourth-order valence-electron chi connectivity index (χ4n) is 1.67. The maximum atomic E-state index is 12.8. The van der Waals surface area contributed by atoms with Gasteiger partial charge in [0, 0.05) is 0 Å². The zero-order valence-electron chi connectivity index (χ0n) is 10.7. The maximum Gasteiger partial charge on any atom is 0.433 e. The van der Waals surface area contributed by atoms with Crippen LogP contribution < -0.4 is 0 Å². The van der Waals surface area contributed by atoms with Crippen molar-refractivity contribution in [2.75, 3.05) is 6.61 Å². The number of carbonyl (C=O) groups is 1. The van der Waals surface area contributed by atoms with Crippen LogP contribution in [0.5, 0.6) is 0 Å². The largest absolute Gasteiger partial charge is 0.466 e. The third-order valence-electron chi connectivity index (χ3n) is 2.44. The lowest BCUT2D eigenvalue weighted by Gasteiger charge is -2.14. The third kappa shape index (κ3) is 3.88. The molecule has 112 valence electrons. The van der Waals surface area contributed by atoms with Crippen molar-refractivity contribution in [2.24, 2.45) is 0 Å². The topological polar surface area (TPSA) is 39.2 Å². The monoisotopic (exact) mass is 297 g/mol.